The third-order valence-corrected chi connectivity index (χ3v) is 5.50. The van der Waals surface area contributed by atoms with Crippen molar-refractivity contribution in [1.29, 1.82) is 0 Å². The summed E-state index contributed by atoms with van der Waals surface area (Å²) in [5, 5.41) is -0.481. The Kier molecular flexibility index (Phi) is 5.30. The average molecular weight is 345 g/mol. The highest BCUT2D eigenvalue weighted by Gasteiger charge is 2.26. The number of ether oxygens (including phenoxy) is 1. The van der Waals surface area contributed by atoms with Crippen LogP contribution >= 0.6 is 15.9 Å². The van der Waals surface area contributed by atoms with Gasteiger partial charge in [0.05, 0.1) is 17.1 Å². The molecule has 1 saturated heterocycles. The lowest BCUT2D eigenvalue weighted by molar-refractivity contribution is 0.0991. The van der Waals surface area contributed by atoms with Crippen molar-refractivity contribution in [2.75, 3.05) is 12.4 Å². The van der Waals surface area contributed by atoms with Gasteiger partial charge in [-0.15, -0.1) is 0 Å². The molecule has 0 aromatic heterocycles. The second kappa shape index (κ2) is 6.77. The van der Waals surface area contributed by atoms with Crippen LogP contribution in [0.1, 0.15) is 30.1 Å². The van der Waals surface area contributed by atoms with Gasteiger partial charge in [-0.3, -0.25) is 9.00 Å². The normalized spacial score (nSPS) is 22.1. The van der Waals surface area contributed by atoms with Crippen molar-refractivity contribution >= 4 is 32.5 Å². The number of rotatable bonds is 5. The summed E-state index contributed by atoms with van der Waals surface area (Å²) >= 11 is 3.33. The molecule has 1 fully saturated rings. The van der Waals surface area contributed by atoms with Crippen LogP contribution in [0.3, 0.4) is 0 Å². The lowest BCUT2D eigenvalue weighted by Crippen LogP contribution is -2.28. The van der Waals surface area contributed by atoms with Crippen molar-refractivity contribution in [2.45, 2.75) is 31.1 Å². The maximum atomic E-state index is 12.2. The van der Waals surface area contributed by atoms with Crippen molar-refractivity contribution in [3.63, 3.8) is 0 Å². The van der Waals surface area contributed by atoms with Crippen LogP contribution < -0.4 is 0 Å². The highest BCUT2D eigenvalue weighted by Crippen LogP contribution is 2.17. The third kappa shape index (κ3) is 3.97. The maximum absolute atomic E-state index is 12.2. The Morgan fingerprint density at radius 3 is 2.74 bits per heavy atom. The summed E-state index contributed by atoms with van der Waals surface area (Å²) in [6.07, 6.45) is 2.03. The molecule has 0 spiro atoms. The fourth-order valence-electron chi connectivity index (χ4n) is 2.07. The largest absolute Gasteiger partial charge is 0.377 e. The van der Waals surface area contributed by atoms with Crippen molar-refractivity contribution in [2.24, 2.45) is 0 Å². The van der Waals surface area contributed by atoms with Gasteiger partial charge in [-0.1, -0.05) is 28.1 Å². The zero-order valence-corrected chi connectivity index (χ0v) is 13.2. The van der Waals surface area contributed by atoms with Gasteiger partial charge in [-0.05, 0) is 31.9 Å². The number of benzene rings is 1. The lowest BCUT2D eigenvalue weighted by Gasteiger charge is -2.14. The van der Waals surface area contributed by atoms with Crippen LogP contribution in [0, 0.1) is 0 Å². The molecule has 19 heavy (non-hydrogen) atoms. The van der Waals surface area contributed by atoms with Crippen LogP contribution in [0.4, 0.5) is 0 Å². The molecule has 0 saturated carbocycles. The molecule has 1 aliphatic rings. The summed E-state index contributed by atoms with van der Waals surface area (Å²) in [7, 11) is -1.18. The van der Waals surface area contributed by atoms with E-state index in [0.717, 1.165) is 23.9 Å². The van der Waals surface area contributed by atoms with E-state index in [-0.39, 0.29) is 11.9 Å². The molecular formula is C14H17BrO3S. The van der Waals surface area contributed by atoms with E-state index >= 15 is 0 Å². The Bertz CT molecular complexity index is 466. The number of Topliss-reactive ketones (excluding diaryl/α,β-unsaturated/α-hetero) is 1. The van der Waals surface area contributed by atoms with E-state index in [9.17, 15) is 9.00 Å². The predicted molar refractivity (Wildman–Crippen MR) is 79.9 cm³/mol. The number of carbonyl (C=O) groups is 1. The van der Waals surface area contributed by atoms with Crippen LogP contribution in [0.5, 0.6) is 0 Å². The van der Waals surface area contributed by atoms with Crippen LogP contribution in [-0.4, -0.2) is 33.7 Å². The number of hydrogen-bond acceptors (Lipinski definition) is 3. The molecule has 1 aliphatic heterocycles. The number of hydrogen-bond donors (Lipinski definition) is 0. The van der Waals surface area contributed by atoms with Crippen molar-refractivity contribution < 1.29 is 13.7 Å². The van der Waals surface area contributed by atoms with E-state index in [1.54, 1.807) is 19.1 Å². The van der Waals surface area contributed by atoms with Crippen molar-refractivity contribution in [1.82, 2.24) is 0 Å². The molecule has 2 rings (SSSR count). The molecule has 0 aliphatic carbocycles. The molecule has 3 nitrogen and oxygen atoms in total. The van der Waals surface area contributed by atoms with Crippen molar-refractivity contribution in [3.05, 3.63) is 34.3 Å². The molecule has 3 atom stereocenters. The van der Waals surface area contributed by atoms with Crippen LogP contribution in [-0.2, 0) is 15.5 Å². The summed E-state index contributed by atoms with van der Waals surface area (Å²) in [6.45, 7) is 2.48. The standard InChI is InChI=1S/C14H17BrO3S/c1-10(19(17)9-13-3-2-8-18-13)14(16)11-4-6-12(15)7-5-11/h4-7,10,13H,2-3,8-9H2,1H3. The SMILES string of the molecule is CC(C(=O)c1ccc(Br)cc1)S(=O)CC1CCCO1. The first-order chi connectivity index (χ1) is 9.08. The van der Waals surface area contributed by atoms with Gasteiger partial charge in [0, 0.05) is 27.4 Å². The van der Waals surface area contributed by atoms with Gasteiger partial charge in [-0.25, -0.2) is 0 Å². The fourth-order valence-corrected chi connectivity index (χ4v) is 3.63. The molecule has 0 radical (unpaired) electrons. The van der Waals surface area contributed by atoms with E-state index in [4.69, 9.17) is 4.74 Å². The summed E-state index contributed by atoms with van der Waals surface area (Å²) in [6, 6.07) is 7.16. The average Bonchev–Trinajstić information content (AvgIpc) is 2.90. The van der Waals surface area contributed by atoms with Gasteiger partial charge < -0.3 is 4.74 Å². The lowest BCUT2D eigenvalue weighted by atomic mass is 10.1. The Morgan fingerprint density at radius 2 is 2.16 bits per heavy atom. The highest BCUT2D eigenvalue weighted by atomic mass is 79.9. The van der Waals surface area contributed by atoms with Gasteiger partial charge in [-0.2, -0.15) is 0 Å². The summed E-state index contributed by atoms with van der Waals surface area (Å²) < 4.78 is 18.6. The summed E-state index contributed by atoms with van der Waals surface area (Å²) in [4.78, 5) is 12.2. The zero-order chi connectivity index (χ0) is 13.8. The van der Waals surface area contributed by atoms with Crippen LogP contribution in [0.15, 0.2) is 28.7 Å². The van der Waals surface area contributed by atoms with Gasteiger partial charge in [0.15, 0.2) is 5.78 Å². The molecule has 3 unspecified atom stereocenters. The molecular weight excluding hydrogens is 328 g/mol. The predicted octanol–water partition coefficient (Wildman–Crippen LogP) is 2.95. The number of carbonyl (C=O) groups excluding carboxylic acids is 1. The minimum Gasteiger partial charge on any atom is -0.377 e. The second-order valence-corrected chi connectivity index (χ2v) is 7.41. The molecule has 1 aromatic rings. The first-order valence-corrected chi connectivity index (χ1v) is 8.54. The molecule has 0 amide bonds. The van der Waals surface area contributed by atoms with E-state index in [1.807, 2.05) is 12.1 Å². The molecule has 0 bridgehead atoms. The molecule has 5 heteroatoms. The van der Waals surface area contributed by atoms with E-state index < -0.39 is 16.0 Å². The maximum Gasteiger partial charge on any atom is 0.178 e. The number of ketones is 1. The zero-order valence-electron chi connectivity index (χ0n) is 10.8. The Hall–Kier alpha value is -0.520. The summed E-state index contributed by atoms with van der Waals surface area (Å²) in [5.74, 6) is 0.396. The first-order valence-electron chi connectivity index (χ1n) is 6.36. The molecule has 0 N–H and O–H groups in total. The Labute approximate surface area is 124 Å². The van der Waals surface area contributed by atoms with Crippen LogP contribution in [0.25, 0.3) is 0 Å². The minimum atomic E-state index is -1.18. The monoisotopic (exact) mass is 344 g/mol. The van der Waals surface area contributed by atoms with Gasteiger partial charge in [0.2, 0.25) is 0 Å². The summed E-state index contributed by atoms with van der Waals surface area (Å²) in [5.41, 5.74) is 0.608. The first kappa shape index (κ1) is 14.9. The van der Waals surface area contributed by atoms with E-state index in [0.29, 0.717) is 11.3 Å². The van der Waals surface area contributed by atoms with E-state index in [1.165, 1.54) is 0 Å². The van der Waals surface area contributed by atoms with Gasteiger partial charge in [0.1, 0.15) is 0 Å². The molecule has 1 aromatic carbocycles. The quantitative estimate of drug-likeness (QED) is 0.771. The van der Waals surface area contributed by atoms with Crippen molar-refractivity contribution in [3.8, 4) is 0 Å². The van der Waals surface area contributed by atoms with Gasteiger partial charge in [0.25, 0.3) is 0 Å². The second-order valence-electron chi connectivity index (χ2n) is 4.70. The van der Waals surface area contributed by atoms with Crippen LogP contribution in [0.2, 0.25) is 0 Å². The Morgan fingerprint density at radius 1 is 1.47 bits per heavy atom. The van der Waals surface area contributed by atoms with E-state index in [2.05, 4.69) is 15.9 Å². The third-order valence-electron chi connectivity index (χ3n) is 3.27. The molecule has 104 valence electrons. The fraction of sp³-hybridized carbons (Fsp3) is 0.500. The topological polar surface area (TPSA) is 43.4 Å². The smallest absolute Gasteiger partial charge is 0.178 e. The highest BCUT2D eigenvalue weighted by molar-refractivity contribution is 9.10. The number of halogens is 1. The minimum absolute atomic E-state index is 0.0565. The molecule has 1 heterocycles. The van der Waals surface area contributed by atoms with Gasteiger partial charge >= 0.3 is 0 Å². The Balaban J connectivity index is 1.97.